The maximum atomic E-state index is 9.41. The minimum Gasteiger partial charge on any atom is -0.392 e. The van der Waals surface area contributed by atoms with Crippen molar-refractivity contribution >= 4 is 0 Å². The first-order valence-corrected chi connectivity index (χ1v) is 8.89. The molecule has 2 rings (SSSR count). The molecule has 26 heavy (non-hydrogen) atoms. The van der Waals surface area contributed by atoms with Crippen molar-refractivity contribution in [2.45, 2.75) is 65.6 Å². The molecule has 2 aromatic carbocycles. The van der Waals surface area contributed by atoms with Gasteiger partial charge in [0.15, 0.2) is 11.5 Å². The number of aliphatic hydroxyl groups is 2. The lowest BCUT2D eigenvalue weighted by Gasteiger charge is -2.25. The molecule has 2 aromatic rings. The summed E-state index contributed by atoms with van der Waals surface area (Å²) >= 11 is 0. The van der Waals surface area contributed by atoms with E-state index in [0.29, 0.717) is 11.5 Å². The molecule has 0 atom stereocenters. The van der Waals surface area contributed by atoms with E-state index in [1.807, 2.05) is 36.4 Å². The fourth-order valence-corrected chi connectivity index (χ4v) is 2.76. The summed E-state index contributed by atoms with van der Waals surface area (Å²) in [4.78, 5) is 11.4. The van der Waals surface area contributed by atoms with Crippen molar-refractivity contribution in [3.63, 3.8) is 0 Å². The van der Waals surface area contributed by atoms with E-state index in [9.17, 15) is 10.2 Å². The van der Waals surface area contributed by atoms with Gasteiger partial charge in [0.05, 0.1) is 13.2 Å². The van der Waals surface area contributed by atoms with Crippen molar-refractivity contribution in [1.29, 1.82) is 0 Å². The van der Waals surface area contributed by atoms with E-state index < -0.39 is 0 Å². The molecule has 142 valence electrons. The summed E-state index contributed by atoms with van der Waals surface area (Å²) in [5.74, 6) is 1.25. The predicted octanol–water partition coefficient (Wildman–Crippen LogP) is 4.64. The molecule has 0 aromatic heterocycles. The Bertz CT molecular complexity index is 686. The van der Waals surface area contributed by atoms with Crippen LogP contribution in [0.25, 0.3) is 0 Å². The molecule has 0 bridgehead atoms. The van der Waals surface area contributed by atoms with Crippen molar-refractivity contribution < 1.29 is 20.0 Å². The number of hydrogen-bond donors (Lipinski definition) is 2. The van der Waals surface area contributed by atoms with Gasteiger partial charge in [0.1, 0.15) is 0 Å². The molecule has 0 fully saturated rings. The molecule has 0 aliphatic carbocycles. The lowest BCUT2D eigenvalue weighted by Crippen LogP contribution is -2.17. The second-order valence-corrected chi connectivity index (χ2v) is 8.64. The molecule has 4 heteroatoms. The number of aliphatic hydroxyl groups excluding tert-OH is 2. The van der Waals surface area contributed by atoms with Crippen LogP contribution in [0.3, 0.4) is 0 Å². The Labute approximate surface area is 156 Å². The predicted molar refractivity (Wildman–Crippen MR) is 103 cm³/mol. The van der Waals surface area contributed by atoms with Crippen molar-refractivity contribution in [1.82, 2.24) is 0 Å². The van der Waals surface area contributed by atoms with Crippen LogP contribution in [0.1, 0.15) is 63.8 Å². The molecule has 2 N–H and O–H groups in total. The molecule has 0 saturated carbocycles. The third-order valence-corrected chi connectivity index (χ3v) is 4.29. The first-order chi connectivity index (χ1) is 12.1. The highest BCUT2D eigenvalue weighted by Crippen LogP contribution is 2.35. The molecule has 0 amide bonds. The van der Waals surface area contributed by atoms with Gasteiger partial charge in [-0.15, -0.1) is 0 Å². The largest absolute Gasteiger partial charge is 0.392 e. The molecule has 0 spiro atoms. The Kier molecular flexibility index (Phi) is 5.99. The van der Waals surface area contributed by atoms with Gasteiger partial charge >= 0.3 is 0 Å². The Morgan fingerprint density at radius 1 is 0.654 bits per heavy atom. The zero-order valence-electron chi connectivity index (χ0n) is 16.6. The number of hydrogen-bond acceptors (Lipinski definition) is 4. The van der Waals surface area contributed by atoms with E-state index in [0.717, 1.165) is 22.3 Å². The van der Waals surface area contributed by atoms with Crippen molar-refractivity contribution in [2.24, 2.45) is 0 Å². The maximum Gasteiger partial charge on any atom is 0.182 e. The minimum absolute atomic E-state index is 0.0129. The van der Waals surface area contributed by atoms with E-state index in [1.165, 1.54) is 0 Å². The molecular formula is C22H30O4. The Morgan fingerprint density at radius 2 is 1.00 bits per heavy atom. The van der Waals surface area contributed by atoms with Crippen LogP contribution in [0.2, 0.25) is 0 Å². The highest BCUT2D eigenvalue weighted by molar-refractivity contribution is 5.43. The topological polar surface area (TPSA) is 58.9 Å². The summed E-state index contributed by atoms with van der Waals surface area (Å²) in [7, 11) is 0. The van der Waals surface area contributed by atoms with Crippen LogP contribution in [-0.2, 0) is 24.0 Å². The lowest BCUT2D eigenvalue weighted by atomic mass is 9.85. The summed E-state index contributed by atoms with van der Waals surface area (Å²) in [6.07, 6.45) is 0. The highest BCUT2D eigenvalue weighted by atomic mass is 17.2. The van der Waals surface area contributed by atoms with Crippen LogP contribution in [-0.4, -0.2) is 10.2 Å². The Balaban J connectivity index is 2.35. The van der Waals surface area contributed by atoms with Gasteiger partial charge in [0.2, 0.25) is 0 Å². The van der Waals surface area contributed by atoms with Crippen LogP contribution in [0.4, 0.5) is 0 Å². The summed E-state index contributed by atoms with van der Waals surface area (Å²) in [6.45, 7) is 12.5. The van der Waals surface area contributed by atoms with Crippen LogP contribution in [0, 0.1) is 0 Å². The van der Waals surface area contributed by atoms with E-state index >= 15 is 0 Å². The molecule has 0 unspecified atom stereocenters. The fraction of sp³-hybridized carbons (Fsp3) is 0.455. The minimum atomic E-state index is -0.155. The molecule has 0 saturated heterocycles. The second kappa shape index (κ2) is 7.68. The average Bonchev–Trinajstić information content (AvgIpc) is 2.58. The van der Waals surface area contributed by atoms with Gasteiger partial charge in [-0.05, 0) is 46.2 Å². The maximum absolute atomic E-state index is 9.41. The van der Waals surface area contributed by atoms with Crippen LogP contribution < -0.4 is 9.78 Å². The molecular weight excluding hydrogens is 328 g/mol. The Hall–Kier alpha value is -2.04. The van der Waals surface area contributed by atoms with Gasteiger partial charge in [0, 0.05) is 11.1 Å². The average molecular weight is 358 g/mol. The number of rotatable bonds is 5. The first-order valence-electron chi connectivity index (χ1n) is 8.89. The quantitative estimate of drug-likeness (QED) is 0.604. The smallest absolute Gasteiger partial charge is 0.182 e. The standard InChI is InChI=1S/C22H30O4/c1-21(2,3)17-11-15(13-23)7-9-19(17)25-26-20-10-8-16(14-24)12-18(20)22(4,5)6/h7-12,23-24H,13-14H2,1-6H3. The molecule has 0 heterocycles. The molecule has 4 nitrogen and oxygen atoms in total. The van der Waals surface area contributed by atoms with Gasteiger partial charge in [-0.3, -0.25) is 9.78 Å². The zero-order chi connectivity index (χ0) is 19.5. The third-order valence-electron chi connectivity index (χ3n) is 4.29. The highest BCUT2D eigenvalue weighted by Gasteiger charge is 2.23. The summed E-state index contributed by atoms with van der Waals surface area (Å²) in [5.41, 5.74) is 3.30. The summed E-state index contributed by atoms with van der Waals surface area (Å²) < 4.78 is 0. The normalized spacial score (nSPS) is 12.2. The Morgan fingerprint density at radius 3 is 1.27 bits per heavy atom. The molecule has 0 aliphatic heterocycles. The van der Waals surface area contributed by atoms with Gasteiger partial charge in [-0.2, -0.15) is 0 Å². The molecule has 0 aliphatic rings. The van der Waals surface area contributed by atoms with E-state index in [2.05, 4.69) is 41.5 Å². The SMILES string of the molecule is CC(C)(C)c1cc(CO)ccc1OOc1ccc(CO)cc1C(C)(C)C. The zero-order valence-corrected chi connectivity index (χ0v) is 16.6. The summed E-state index contributed by atoms with van der Waals surface area (Å²) in [6, 6.07) is 11.2. The fourth-order valence-electron chi connectivity index (χ4n) is 2.76. The monoisotopic (exact) mass is 358 g/mol. The van der Waals surface area contributed by atoms with Crippen LogP contribution in [0.15, 0.2) is 36.4 Å². The molecule has 0 radical (unpaired) electrons. The van der Waals surface area contributed by atoms with E-state index in [-0.39, 0.29) is 24.0 Å². The first kappa shape index (κ1) is 20.3. The number of benzene rings is 2. The van der Waals surface area contributed by atoms with Crippen LogP contribution >= 0.6 is 0 Å². The van der Waals surface area contributed by atoms with Crippen molar-refractivity contribution in [3.8, 4) is 11.5 Å². The van der Waals surface area contributed by atoms with Crippen molar-refractivity contribution in [3.05, 3.63) is 58.7 Å². The van der Waals surface area contributed by atoms with Gasteiger partial charge in [0.25, 0.3) is 0 Å². The lowest BCUT2D eigenvalue weighted by molar-refractivity contribution is -0.103. The summed E-state index contributed by atoms with van der Waals surface area (Å²) in [5, 5.41) is 18.8. The van der Waals surface area contributed by atoms with Crippen molar-refractivity contribution in [2.75, 3.05) is 0 Å². The van der Waals surface area contributed by atoms with Crippen LogP contribution in [0.5, 0.6) is 11.5 Å². The van der Waals surface area contributed by atoms with E-state index in [4.69, 9.17) is 9.78 Å². The van der Waals surface area contributed by atoms with Gasteiger partial charge in [-0.1, -0.05) is 53.7 Å². The van der Waals surface area contributed by atoms with Gasteiger partial charge in [-0.25, -0.2) is 0 Å². The van der Waals surface area contributed by atoms with Gasteiger partial charge < -0.3 is 10.2 Å². The van der Waals surface area contributed by atoms with E-state index in [1.54, 1.807) is 0 Å². The third kappa shape index (κ3) is 4.77. The second-order valence-electron chi connectivity index (χ2n) is 8.64.